The molecule has 47 heavy (non-hydrogen) atoms. The molecule has 1 aromatic carbocycles. The average molecular weight is 643 g/mol. The number of nitrogens with zero attached hydrogens (tertiary/aromatic N) is 5. The van der Waals surface area contributed by atoms with Gasteiger partial charge in [-0.05, 0) is 112 Å². The Morgan fingerprint density at radius 1 is 1.13 bits per heavy atom. The molecule has 10 heteroatoms. The molecule has 1 amide bonds. The molecule has 4 heterocycles. The summed E-state index contributed by atoms with van der Waals surface area (Å²) in [6.45, 7) is 9.99. The van der Waals surface area contributed by atoms with Crippen molar-refractivity contribution >= 4 is 16.8 Å². The number of aliphatic hydroxyl groups is 1. The number of nitrogens with one attached hydrogen (secondary N) is 1. The molecule has 2 atom stereocenters. The van der Waals surface area contributed by atoms with Gasteiger partial charge in [-0.1, -0.05) is 19.9 Å². The second kappa shape index (κ2) is 13.3. The molecule has 2 N–H and O–H groups in total. The predicted octanol–water partition coefficient (Wildman–Crippen LogP) is 6.42. The van der Waals surface area contributed by atoms with E-state index in [4.69, 9.17) is 0 Å². The van der Waals surface area contributed by atoms with Crippen LogP contribution in [0.2, 0.25) is 0 Å². The van der Waals surface area contributed by atoms with Gasteiger partial charge in [0.1, 0.15) is 17.0 Å². The number of aromatic nitrogens is 4. The molecule has 3 aromatic heterocycles. The van der Waals surface area contributed by atoms with E-state index in [1.54, 1.807) is 30.7 Å². The quantitative estimate of drug-likeness (QED) is 0.217. The molecule has 248 valence electrons. The first kappa shape index (κ1) is 33.0. The summed E-state index contributed by atoms with van der Waals surface area (Å²) >= 11 is 0. The van der Waals surface area contributed by atoms with Gasteiger partial charge in [0.25, 0.3) is 5.91 Å². The minimum atomic E-state index is -1.33. The van der Waals surface area contributed by atoms with Crippen LogP contribution in [0.25, 0.3) is 22.2 Å². The fourth-order valence-corrected chi connectivity index (χ4v) is 7.01. The highest BCUT2D eigenvalue weighted by molar-refractivity contribution is 5.98. The number of aryl methyl sites for hydroxylation is 1. The Kier molecular flexibility index (Phi) is 9.36. The van der Waals surface area contributed by atoms with Gasteiger partial charge in [0, 0.05) is 41.4 Å². The first-order valence-corrected chi connectivity index (χ1v) is 16.7. The minimum Gasteiger partial charge on any atom is -0.390 e. The van der Waals surface area contributed by atoms with Crippen LogP contribution in [0.3, 0.4) is 0 Å². The third-order valence-corrected chi connectivity index (χ3v) is 10.3. The second-order valence-electron chi connectivity index (χ2n) is 14.2. The third kappa shape index (κ3) is 7.33. The lowest BCUT2D eigenvalue weighted by Gasteiger charge is -2.38. The Labute approximate surface area is 275 Å². The predicted molar refractivity (Wildman–Crippen MR) is 178 cm³/mol. The van der Waals surface area contributed by atoms with Crippen LogP contribution >= 0.6 is 0 Å². The lowest BCUT2D eigenvalue weighted by atomic mass is 9.77. The molecule has 1 aliphatic heterocycles. The molecule has 0 spiro atoms. The van der Waals surface area contributed by atoms with Crippen LogP contribution < -0.4 is 5.32 Å². The molecule has 4 aromatic rings. The summed E-state index contributed by atoms with van der Waals surface area (Å²) in [4.78, 5) is 25.3. The largest absolute Gasteiger partial charge is 0.390 e. The van der Waals surface area contributed by atoms with Crippen molar-refractivity contribution in [1.29, 1.82) is 0 Å². The number of hydrogen-bond acceptors (Lipinski definition) is 7. The van der Waals surface area contributed by atoms with E-state index in [0.29, 0.717) is 24.6 Å². The number of amides is 1. The molecule has 1 fully saturated rings. The topological polar surface area (TPSA) is 104 Å². The number of halogens is 2. The first-order valence-electron chi connectivity index (χ1n) is 16.7. The van der Waals surface area contributed by atoms with Gasteiger partial charge in [0.05, 0.1) is 29.7 Å². The molecule has 1 saturated heterocycles. The molecule has 6 rings (SSSR count). The number of pyridine rings is 2. The Hall–Kier alpha value is -3.89. The fourth-order valence-electron chi connectivity index (χ4n) is 7.01. The van der Waals surface area contributed by atoms with Crippen LogP contribution in [0.15, 0.2) is 55.0 Å². The standard InChI is InChI=1S/C37H44F2N6O2/c1-23(2)37(39)12-7-32-28(20-37)18-26-17-27(19-30(38)34(26)43-32)35(46)44-33(11-16-45-14-9-29(10-15-45)36(3,4)47)24-5-6-31(40-21-24)25-8-13-41-42-22-25/h5-6,8,13,17-19,21-23,29,33,47H,7,9-12,14-16,20H2,1-4H3,(H,44,46). The first-order chi connectivity index (χ1) is 22.4. The number of likely N-dealkylation sites (tertiary alicyclic amines) is 1. The van der Waals surface area contributed by atoms with E-state index < -0.39 is 23.0 Å². The summed E-state index contributed by atoms with van der Waals surface area (Å²) in [5.74, 6) is -0.864. The van der Waals surface area contributed by atoms with Crippen molar-refractivity contribution in [2.75, 3.05) is 19.6 Å². The summed E-state index contributed by atoms with van der Waals surface area (Å²) < 4.78 is 31.0. The summed E-state index contributed by atoms with van der Waals surface area (Å²) in [6, 6.07) is 9.99. The van der Waals surface area contributed by atoms with Crippen LogP contribution in [0, 0.1) is 17.7 Å². The maximum atomic E-state index is 15.6. The van der Waals surface area contributed by atoms with Crippen LogP contribution in [0.1, 0.15) is 86.6 Å². The van der Waals surface area contributed by atoms with Gasteiger partial charge >= 0.3 is 0 Å². The van der Waals surface area contributed by atoms with E-state index in [2.05, 4.69) is 30.4 Å². The van der Waals surface area contributed by atoms with E-state index in [1.807, 2.05) is 45.9 Å². The average Bonchev–Trinajstić information content (AvgIpc) is 3.06. The van der Waals surface area contributed by atoms with Crippen molar-refractivity contribution in [3.63, 3.8) is 0 Å². The van der Waals surface area contributed by atoms with Gasteiger partial charge in [0.15, 0.2) is 0 Å². The normalized spacial score (nSPS) is 19.9. The fraction of sp³-hybridized carbons (Fsp3) is 0.486. The molecular weight excluding hydrogens is 598 g/mol. The van der Waals surface area contributed by atoms with Crippen LogP contribution in [0.4, 0.5) is 8.78 Å². The molecule has 8 nitrogen and oxygen atoms in total. The van der Waals surface area contributed by atoms with E-state index >= 15 is 8.78 Å². The van der Waals surface area contributed by atoms with Crippen molar-refractivity contribution in [1.82, 2.24) is 30.4 Å². The number of rotatable bonds is 9. The highest BCUT2D eigenvalue weighted by Crippen LogP contribution is 2.38. The van der Waals surface area contributed by atoms with E-state index in [0.717, 1.165) is 60.6 Å². The number of hydrogen-bond donors (Lipinski definition) is 2. The molecular formula is C37H44F2N6O2. The van der Waals surface area contributed by atoms with E-state index in [-0.39, 0.29) is 35.4 Å². The SMILES string of the molecule is CC(C)C1(F)CCc2nc3c(F)cc(C(=O)NC(CCN4CCC(C(C)(C)O)CC4)c4ccc(-c5ccnnc5)nc4)cc3cc2C1. The molecule has 2 unspecified atom stereocenters. The maximum absolute atomic E-state index is 15.6. The van der Waals surface area contributed by atoms with Crippen molar-refractivity contribution in [3.8, 4) is 11.3 Å². The summed E-state index contributed by atoms with van der Waals surface area (Å²) in [6.07, 6.45) is 8.52. The lowest BCUT2D eigenvalue weighted by Crippen LogP contribution is -2.42. The van der Waals surface area contributed by atoms with Gasteiger partial charge < -0.3 is 15.3 Å². The van der Waals surface area contributed by atoms with E-state index in [1.165, 1.54) is 6.07 Å². The minimum absolute atomic E-state index is 0.144. The number of benzene rings is 1. The van der Waals surface area contributed by atoms with Crippen LogP contribution in [-0.2, 0) is 12.8 Å². The molecule has 0 radical (unpaired) electrons. The van der Waals surface area contributed by atoms with Gasteiger partial charge in [-0.25, -0.2) is 13.8 Å². The number of carbonyl (C=O) groups excluding carboxylic acids is 1. The van der Waals surface area contributed by atoms with E-state index in [9.17, 15) is 9.90 Å². The zero-order valence-electron chi connectivity index (χ0n) is 27.6. The molecule has 0 bridgehead atoms. The Balaban J connectivity index is 1.23. The number of piperidine rings is 1. The Morgan fingerprint density at radius 3 is 2.57 bits per heavy atom. The van der Waals surface area contributed by atoms with Gasteiger partial charge in [0.2, 0.25) is 0 Å². The van der Waals surface area contributed by atoms with Crippen molar-refractivity contribution in [3.05, 3.63) is 83.2 Å². The highest BCUT2D eigenvalue weighted by Gasteiger charge is 2.38. The second-order valence-corrected chi connectivity index (χ2v) is 14.2. The molecule has 0 saturated carbocycles. The summed E-state index contributed by atoms with van der Waals surface area (Å²) in [7, 11) is 0. The number of carbonyl (C=O) groups is 1. The monoisotopic (exact) mass is 642 g/mol. The molecule has 1 aliphatic carbocycles. The highest BCUT2D eigenvalue weighted by atomic mass is 19.1. The zero-order chi connectivity index (χ0) is 33.3. The van der Waals surface area contributed by atoms with Crippen molar-refractivity contribution in [2.45, 2.75) is 83.5 Å². The summed E-state index contributed by atoms with van der Waals surface area (Å²) in [5.41, 5.74) is 2.27. The Morgan fingerprint density at radius 2 is 1.91 bits per heavy atom. The van der Waals surface area contributed by atoms with Crippen LogP contribution in [-0.4, -0.2) is 67.0 Å². The Bertz CT molecular complexity index is 1720. The van der Waals surface area contributed by atoms with Gasteiger partial charge in [-0.2, -0.15) is 10.2 Å². The maximum Gasteiger partial charge on any atom is 0.251 e. The third-order valence-electron chi connectivity index (χ3n) is 10.3. The molecule has 2 aliphatic rings. The van der Waals surface area contributed by atoms with Crippen molar-refractivity contribution < 1.29 is 18.7 Å². The zero-order valence-corrected chi connectivity index (χ0v) is 27.6. The number of fused-ring (bicyclic) bond motifs is 2. The van der Waals surface area contributed by atoms with Crippen LogP contribution in [0.5, 0.6) is 0 Å². The smallest absolute Gasteiger partial charge is 0.251 e. The van der Waals surface area contributed by atoms with Gasteiger partial charge in [-0.15, -0.1) is 0 Å². The van der Waals surface area contributed by atoms with Gasteiger partial charge in [-0.3, -0.25) is 9.78 Å². The lowest BCUT2D eigenvalue weighted by molar-refractivity contribution is -0.0129. The number of alkyl halides is 1. The summed E-state index contributed by atoms with van der Waals surface area (Å²) in [5, 5.41) is 21.9. The van der Waals surface area contributed by atoms with Crippen molar-refractivity contribution in [2.24, 2.45) is 11.8 Å².